The number of H-pyrrole nitrogens is 2. The fourth-order valence-electron chi connectivity index (χ4n) is 2.05. The van der Waals surface area contributed by atoms with Gasteiger partial charge in [0.05, 0.1) is 15.9 Å². The van der Waals surface area contributed by atoms with Crippen molar-refractivity contribution in [1.82, 2.24) is 9.97 Å². The van der Waals surface area contributed by atoms with Crippen LogP contribution in [0.2, 0.25) is 0 Å². The van der Waals surface area contributed by atoms with Crippen LogP contribution in [0, 0.1) is 6.92 Å². The summed E-state index contributed by atoms with van der Waals surface area (Å²) in [7, 11) is -3.73. The van der Waals surface area contributed by atoms with Gasteiger partial charge in [0, 0.05) is 10.2 Å². The molecule has 0 unspecified atom stereocenters. The monoisotopic (exact) mass is 381 g/mol. The van der Waals surface area contributed by atoms with Crippen molar-refractivity contribution in [2.24, 2.45) is 0 Å². The second kappa shape index (κ2) is 5.29. The third kappa shape index (κ3) is 2.79. The summed E-state index contributed by atoms with van der Waals surface area (Å²) in [5, 5.41) is 0. The van der Waals surface area contributed by atoms with Crippen LogP contribution in [0.4, 0.5) is 5.69 Å². The fourth-order valence-corrected chi connectivity index (χ4v) is 3.50. The number of anilines is 1. The Kier molecular flexibility index (Phi) is 3.57. The lowest BCUT2D eigenvalue weighted by atomic mass is 10.2. The van der Waals surface area contributed by atoms with Gasteiger partial charge in [0.2, 0.25) is 0 Å². The van der Waals surface area contributed by atoms with Gasteiger partial charge in [0.15, 0.2) is 0 Å². The molecule has 6 nitrogen and oxygen atoms in total. The molecule has 0 spiro atoms. The maximum absolute atomic E-state index is 12.4. The van der Waals surface area contributed by atoms with E-state index in [4.69, 9.17) is 0 Å². The number of rotatable bonds is 3. The average molecular weight is 382 g/mol. The summed E-state index contributed by atoms with van der Waals surface area (Å²) >= 11 is 3.37. The Hall–Kier alpha value is -2.06. The minimum absolute atomic E-state index is 0.0759. The molecule has 114 valence electrons. The molecule has 0 fully saturated rings. The summed E-state index contributed by atoms with van der Waals surface area (Å²) in [4.78, 5) is 16.4. The van der Waals surface area contributed by atoms with Gasteiger partial charge >= 0.3 is 5.69 Å². The Morgan fingerprint density at radius 2 is 1.77 bits per heavy atom. The molecule has 0 aliphatic rings. The molecule has 2 aromatic carbocycles. The van der Waals surface area contributed by atoms with E-state index in [0.717, 1.165) is 10.0 Å². The predicted molar refractivity (Wildman–Crippen MR) is 88.6 cm³/mol. The predicted octanol–water partition coefficient (Wildman–Crippen LogP) is 2.73. The van der Waals surface area contributed by atoms with Gasteiger partial charge in [-0.3, -0.25) is 4.72 Å². The molecule has 3 rings (SSSR count). The number of hydrogen-bond donors (Lipinski definition) is 3. The summed E-state index contributed by atoms with van der Waals surface area (Å²) in [6.45, 7) is 1.92. The summed E-state index contributed by atoms with van der Waals surface area (Å²) < 4.78 is 28.2. The van der Waals surface area contributed by atoms with Crippen molar-refractivity contribution in [3.05, 3.63) is 56.9 Å². The summed E-state index contributed by atoms with van der Waals surface area (Å²) in [6, 6.07) is 9.61. The Balaban J connectivity index is 1.99. The lowest BCUT2D eigenvalue weighted by Gasteiger charge is -2.09. The van der Waals surface area contributed by atoms with E-state index >= 15 is 0 Å². The minimum Gasteiger partial charge on any atom is -0.306 e. The zero-order valence-corrected chi connectivity index (χ0v) is 13.9. The first-order valence-corrected chi connectivity index (χ1v) is 8.64. The quantitative estimate of drug-likeness (QED) is 0.650. The van der Waals surface area contributed by atoms with Crippen LogP contribution in [-0.4, -0.2) is 18.4 Å². The van der Waals surface area contributed by atoms with E-state index in [2.05, 4.69) is 30.6 Å². The number of aromatic amines is 2. The second-order valence-corrected chi connectivity index (χ2v) is 7.39. The molecule has 0 amide bonds. The highest BCUT2D eigenvalue weighted by Crippen LogP contribution is 2.23. The van der Waals surface area contributed by atoms with Crippen LogP contribution in [0.5, 0.6) is 0 Å². The number of halogens is 1. The van der Waals surface area contributed by atoms with E-state index in [1.165, 1.54) is 12.1 Å². The molecule has 0 aliphatic heterocycles. The third-order valence-electron chi connectivity index (χ3n) is 3.22. The molecule has 0 saturated heterocycles. The van der Waals surface area contributed by atoms with E-state index in [9.17, 15) is 13.2 Å². The van der Waals surface area contributed by atoms with Crippen LogP contribution >= 0.6 is 15.9 Å². The Labute approximate surface area is 134 Å². The molecule has 1 aromatic heterocycles. The Bertz CT molecular complexity index is 1020. The zero-order chi connectivity index (χ0) is 15.9. The van der Waals surface area contributed by atoms with E-state index in [1.807, 2.05) is 13.0 Å². The molecule has 22 heavy (non-hydrogen) atoms. The molecule has 3 aromatic rings. The average Bonchev–Trinajstić information content (AvgIpc) is 2.81. The van der Waals surface area contributed by atoms with Crippen molar-refractivity contribution >= 4 is 42.7 Å². The molecule has 0 bridgehead atoms. The molecule has 0 atom stereocenters. The first-order chi connectivity index (χ1) is 10.3. The van der Waals surface area contributed by atoms with Gasteiger partial charge in [-0.05, 0) is 42.8 Å². The lowest BCUT2D eigenvalue weighted by Crippen LogP contribution is -2.12. The van der Waals surface area contributed by atoms with Crippen LogP contribution in [-0.2, 0) is 10.0 Å². The van der Waals surface area contributed by atoms with Gasteiger partial charge in [0.25, 0.3) is 10.0 Å². The first kappa shape index (κ1) is 14.9. The molecule has 8 heteroatoms. The van der Waals surface area contributed by atoms with Crippen molar-refractivity contribution in [2.45, 2.75) is 11.8 Å². The van der Waals surface area contributed by atoms with Gasteiger partial charge in [0.1, 0.15) is 0 Å². The molecular weight excluding hydrogens is 370 g/mol. The van der Waals surface area contributed by atoms with Gasteiger partial charge in [-0.2, -0.15) is 0 Å². The molecule has 1 heterocycles. The number of aryl methyl sites for hydroxylation is 1. The van der Waals surface area contributed by atoms with Crippen molar-refractivity contribution < 1.29 is 8.42 Å². The second-order valence-electron chi connectivity index (χ2n) is 4.86. The number of fused-ring (bicyclic) bond motifs is 1. The van der Waals surface area contributed by atoms with Crippen LogP contribution < -0.4 is 10.4 Å². The number of hydrogen-bond acceptors (Lipinski definition) is 3. The molecule has 0 radical (unpaired) electrons. The maximum atomic E-state index is 12.4. The van der Waals surface area contributed by atoms with Crippen molar-refractivity contribution in [2.75, 3.05) is 4.72 Å². The molecular formula is C14H12BrN3O3S. The van der Waals surface area contributed by atoms with Gasteiger partial charge < -0.3 is 9.97 Å². The number of sulfonamides is 1. The first-order valence-electron chi connectivity index (χ1n) is 6.36. The summed E-state index contributed by atoms with van der Waals surface area (Å²) in [5.41, 5.74) is 2.09. The van der Waals surface area contributed by atoms with E-state index in [1.54, 1.807) is 18.2 Å². The van der Waals surface area contributed by atoms with Crippen molar-refractivity contribution in [3.8, 4) is 0 Å². The Morgan fingerprint density at radius 1 is 1.05 bits per heavy atom. The third-order valence-corrected chi connectivity index (χ3v) is 5.46. The highest BCUT2D eigenvalue weighted by Gasteiger charge is 2.15. The maximum Gasteiger partial charge on any atom is 0.323 e. The Morgan fingerprint density at radius 3 is 2.50 bits per heavy atom. The highest BCUT2D eigenvalue weighted by molar-refractivity contribution is 9.10. The van der Waals surface area contributed by atoms with E-state index in [0.29, 0.717) is 16.7 Å². The molecule has 3 N–H and O–H groups in total. The van der Waals surface area contributed by atoms with Crippen LogP contribution in [0.1, 0.15) is 5.56 Å². The summed E-state index contributed by atoms with van der Waals surface area (Å²) in [5.74, 6) is 0. The van der Waals surface area contributed by atoms with Gasteiger partial charge in [-0.25, -0.2) is 13.2 Å². The molecule has 0 saturated carbocycles. The van der Waals surface area contributed by atoms with E-state index in [-0.39, 0.29) is 10.6 Å². The number of benzene rings is 2. The topological polar surface area (TPSA) is 94.8 Å². The normalized spacial score (nSPS) is 11.7. The largest absolute Gasteiger partial charge is 0.323 e. The molecule has 0 aliphatic carbocycles. The fraction of sp³-hybridized carbons (Fsp3) is 0.0714. The SMILES string of the molecule is Cc1ccc(NS(=O)(=O)c2ccc3[nH]c(=O)[nH]c3c2)cc1Br. The minimum atomic E-state index is -3.73. The zero-order valence-electron chi connectivity index (χ0n) is 11.5. The smallest absolute Gasteiger partial charge is 0.306 e. The lowest BCUT2D eigenvalue weighted by molar-refractivity contribution is 0.601. The number of aromatic nitrogens is 2. The highest BCUT2D eigenvalue weighted by atomic mass is 79.9. The number of imidazole rings is 1. The van der Waals surface area contributed by atoms with Crippen molar-refractivity contribution in [3.63, 3.8) is 0 Å². The van der Waals surface area contributed by atoms with Crippen LogP contribution in [0.3, 0.4) is 0 Å². The van der Waals surface area contributed by atoms with Crippen LogP contribution in [0.25, 0.3) is 11.0 Å². The van der Waals surface area contributed by atoms with Gasteiger partial charge in [-0.1, -0.05) is 22.0 Å². The number of nitrogens with one attached hydrogen (secondary N) is 3. The van der Waals surface area contributed by atoms with Gasteiger partial charge in [-0.15, -0.1) is 0 Å². The van der Waals surface area contributed by atoms with E-state index < -0.39 is 10.0 Å². The summed E-state index contributed by atoms with van der Waals surface area (Å²) in [6.07, 6.45) is 0. The van der Waals surface area contributed by atoms with Crippen LogP contribution in [0.15, 0.2) is 50.6 Å². The standard InChI is InChI=1S/C14H12BrN3O3S/c1-8-2-3-9(6-11(8)15)18-22(20,21)10-4-5-12-13(7-10)17-14(19)16-12/h2-7,18H,1H3,(H2,16,17,19). The van der Waals surface area contributed by atoms with Crippen molar-refractivity contribution in [1.29, 1.82) is 0 Å².